The van der Waals surface area contributed by atoms with Gasteiger partial charge in [-0.15, -0.1) is 11.6 Å². The molecule has 0 aliphatic carbocycles. The molecular weight excluding hydrogens is 246 g/mol. The fraction of sp³-hybridized carbons (Fsp3) is 0.0714. The highest BCUT2D eigenvalue weighted by molar-refractivity contribution is 6.17. The lowest BCUT2D eigenvalue weighted by Gasteiger charge is -2.03. The van der Waals surface area contributed by atoms with Crippen LogP contribution in [0.4, 0.5) is 11.6 Å². The van der Waals surface area contributed by atoms with Gasteiger partial charge in [-0.3, -0.25) is 0 Å². The van der Waals surface area contributed by atoms with E-state index in [2.05, 4.69) is 15.3 Å². The second-order valence-electron chi connectivity index (χ2n) is 4.06. The van der Waals surface area contributed by atoms with E-state index in [4.69, 9.17) is 11.6 Å². The molecule has 2 N–H and O–H groups in total. The van der Waals surface area contributed by atoms with Crippen LogP contribution in [0.25, 0.3) is 11.0 Å². The highest BCUT2D eigenvalue weighted by atomic mass is 35.5. The topological polar surface area (TPSA) is 40.7 Å². The maximum atomic E-state index is 5.81. The van der Waals surface area contributed by atoms with Crippen molar-refractivity contribution in [3.63, 3.8) is 0 Å². The summed E-state index contributed by atoms with van der Waals surface area (Å²) in [5.74, 6) is 1.25. The van der Waals surface area contributed by atoms with Crippen LogP contribution in [0, 0.1) is 0 Å². The summed E-state index contributed by atoms with van der Waals surface area (Å²) in [6.07, 6.45) is 0. The number of H-pyrrole nitrogens is 1. The third-order valence-electron chi connectivity index (χ3n) is 2.73. The van der Waals surface area contributed by atoms with Crippen molar-refractivity contribution in [2.24, 2.45) is 0 Å². The number of rotatable bonds is 3. The largest absolute Gasteiger partial charge is 0.326 e. The van der Waals surface area contributed by atoms with Gasteiger partial charge in [0.25, 0.3) is 0 Å². The van der Waals surface area contributed by atoms with E-state index in [1.54, 1.807) is 0 Å². The van der Waals surface area contributed by atoms with Gasteiger partial charge in [-0.25, -0.2) is 4.98 Å². The Kier molecular flexibility index (Phi) is 2.90. The average Bonchev–Trinajstić information content (AvgIpc) is 2.81. The molecule has 90 valence electrons. The minimum absolute atomic E-state index is 0.510. The second-order valence-corrected chi connectivity index (χ2v) is 4.33. The molecule has 0 saturated heterocycles. The average molecular weight is 258 g/mol. The molecule has 1 heterocycles. The number of imidazole rings is 1. The number of alkyl halides is 1. The number of benzene rings is 2. The van der Waals surface area contributed by atoms with Gasteiger partial charge in [0.05, 0.1) is 11.0 Å². The Balaban J connectivity index is 1.91. The Bertz CT molecular complexity index is 642. The maximum absolute atomic E-state index is 5.81. The van der Waals surface area contributed by atoms with Crippen molar-refractivity contribution in [1.29, 1.82) is 0 Å². The first-order valence-corrected chi connectivity index (χ1v) is 6.25. The summed E-state index contributed by atoms with van der Waals surface area (Å²) in [7, 11) is 0. The zero-order chi connectivity index (χ0) is 12.4. The van der Waals surface area contributed by atoms with Crippen molar-refractivity contribution >= 4 is 34.3 Å². The summed E-state index contributed by atoms with van der Waals surface area (Å²) >= 11 is 5.81. The lowest BCUT2D eigenvalue weighted by molar-refractivity contribution is 1.30. The smallest absolute Gasteiger partial charge is 0.205 e. The molecule has 3 aromatic rings. The van der Waals surface area contributed by atoms with Gasteiger partial charge < -0.3 is 10.3 Å². The van der Waals surface area contributed by atoms with E-state index >= 15 is 0 Å². The molecular formula is C14H12ClN3. The number of halogens is 1. The Morgan fingerprint density at radius 2 is 2.00 bits per heavy atom. The van der Waals surface area contributed by atoms with Crippen LogP contribution in [-0.2, 0) is 5.88 Å². The monoisotopic (exact) mass is 257 g/mol. The first kappa shape index (κ1) is 11.1. The second kappa shape index (κ2) is 4.70. The summed E-state index contributed by atoms with van der Waals surface area (Å²) in [5.41, 5.74) is 4.03. The highest BCUT2D eigenvalue weighted by Crippen LogP contribution is 2.19. The lowest BCUT2D eigenvalue weighted by atomic mass is 10.2. The summed E-state index contributed by atoms with van der Waals surface area (Å²) in [4.78, 5) is 7.69. The molecule has 0 fully saturated rings. The Labute approximate surface area is 110 Å². The standard InChI is InChI=1S/C14H12ClN3/c15-9-10-4-3-5-11(8-10)16-14-17-12-6-1-2-7-13(12)18-14/h1-8H,9H2,(H2,16,17,18). The number of anilines is 2. The van der Waals surface area contributed by atoms with Crippen molar-refractivity contribution in [2.75, 3.05) is 5.32 Å². The number of nitrogens with zero attached hydrogens (tertiary/aromatic N) is 1. The minimum Gasteiger partial charge on any atom is -0.326 e. The third kappa shape index (κ3) is 2.17. The normalized spacial score (nSPS) is 10.7. The maximum Gasteiger partial charge on any atom is 0.205 e. The molecule has 18 heavy (non-hydrogen) atoms. The fourth-order valence-corrected chi connectivity index (χ4v) is 2.05. The van der Waals surface area contributed by atoms with Gasteiger partial charge >= 0.3 is 0 Å². The summed E-state index contributed by atoms with van der Waals surface area (Å²) in [6.45, 7) is 0. The van der Waals surface area contributed by atoms with Crippen molar-refractivity contribution in [2.45, 2.75) is 5.88 Å². The van der Waals surface area contributed by atoms with E-state index in [9.17, 15) is 0 Å². The van der Waals surface area contributed by atoms with Gasteiger partial charge in [0.15, 0.2) is 0 Å². The van der Waals surface area contributed by atoms with Gasteiger partial charge in [-0.05, 0) is 29.8 Å². The van der Waals surface area contributed by atoms with E-state index < -0.39 is 0 Å². The number of hydrogen-bond donors (Lipinski definition) is 2. The van der Waals surface area contributed by atoms with Gasteiger partial charge in [0, 0.05) is 11.6 Å². The fourth-order valence-electron chi connectivity index (χ4n) is 1.88. The highest BCUT2D eigenvalue weighted by Gasteiger charge is 2.02. The molecule has 0 amide bonds. The van der Waals surface area contributed by atoms with Crippen LogP contribution >= 0.6 is 11.6 Å². The SMILES string of the molecule is ClCc1cccc(Nc2nc3ccccc3[nH]2)c1. The van der Waals surface area contributed by atoms with E-state index in [0.717, 1.165) is 28.2 Å². The Hall–Kier alpha value is -2.00. The first-order valence-electron chi connectivity index (χ1n) is 5.72. The Morgan fingerprint density at radius 3 is 2.83 bits per heavy atom. The van der Waals surface area contributed by atoms with Gasteiger partial charge in [-0.2, -0.15) is 0 Å². The molecule has 1 aromatic heterocycles. The predicted molar refractivity (Wildman–Crippen MR) is 75.4 cm³/mol. The number of fused-ring (bicyclic) bond motifs is 1. The quantitative estimate of drug-likeness (QED) is 0.695. The minimum atomic E-state index is 0.510. The van der Waals surface area contributed by atoms with Gasteiger partial charge in [0.1, 0.15) is 0 Å². The number of aromatic amines is 1. The van der Waals surface area contributed by atoms with Crippen LogP contribution < -0.4 is 5.32 Å². The van der Waals surface area contributed by atoms with Crippen LogP contribution in [0.1, 0.15) is 5.56 Å². The molecule has 0 aliphatic rings. The molecule has 0 bridgehead atoms. The summed E-state index contributed by atoms with van der Waals surface area (Å²) < 4.78 is 0. The van der Waals surface area contributed by atoms with Crippen molar-refractivity contribution < 1.29 is 0 Å². The van der Waals surface area contributed by atoms with Crippen LogP contribution in [0.2, 0.25) is 0 Å². The van der Waals surface area contributed by atoms with Crippen LogP contribution in [0.15, 0.2) is 48.5 Å². The van der Waals surface area contributed by atoms with Crippen molar-refractivity contribution in [1.82, 2.24) is 9.97 Å². The summed E-state index contributed by atoms with van der Waals surface area (Å²) in [5, 5.41) is 3.24. The molecule has 0 aliphatic heterocycles. The van der Waals surface area contributed by atoms with Crippen molar-refractivity contribution in [3.05, 3.63) is 54.1 Å². The molecule has 0 unspecified atom stereocenters. The predicted octanol–water partition coefficient (Wildman–Crippen LogP) is 4.05. The number of hydrogen-bond acceptors (Lipinski definition) is 2. The number of aromatic nitrogens is 2. The van der Waals surface area contributed by atoms with E-state index in [-0.39, 0.29) is 0 Å². The molecule has 3 rings (SSSR count). The number of nitrogens with one attached hydrogen (secondary N) is 2. The Morgan fingerprint density at radius 1 is 1.11 bits per heavy atom. The third-order valence-corrected chi connectivity index (χ3v) is 3.04. The molecule has 0 atom stereocenters. The van der Waals surface area contributed by atoms with E-state index in [0.29, 0.717) is 5.88 Å². The molecule has 0 radical (unpaired) electrons. The van der Waals surface area contributed by atoms with Crippen molar-refractivity contribution in [3.8, 4) is 0 Å². The molecule has 2 aromatic carbocycles. The van der Waals surface area contributed by atoms with E-state index in [1.165, 1.54) is 0 Å². The van der Waals surface area contributed by atoms with Gasteiger partial charge in [-0.1, -0.05) is 24.3 Å². The zero-order valence-corrected chi connectivity index (χ0v) is 10.4. The van der Waals surface area contributed by atoms with Crippen LogP contribution in [0.5, 0.6) is 0 Å². The zero-order valence-electron chi connectivity index (χ0n) is 9.65. The van der Waals surface area contributed by atoms with Gasteiger partial charge in [0.2, 0.25) is 5.95 Å². The summed E-state index contributed by atoms with van der Waals surface area (Å²) in [6, 6.07) is 15.9. The molecule has 0 spiro atoms. The molecule has 0 saturated carbocycles. The number of para-hydroxylation sites is 2. The van der Waals surface area contributed by atoms with Crippen LogP contribution in [0.3, 0.4) is 0 Å². The molecule has 3 nitrogen and oxygen atoms in total. The van der Waals surface area contributed by atoms with Crippen LogP contribution in [-0.4, -0.2) is 9.97 Å². The molecule has 4 heteroatoms. The first-order chi connectivity index (χ1) is 8.85. The van der Waals surface area contributed by atoms with E-state index in [1.807, 2.05) is 48.5 Å². The lowest BCUT2D eigenvalue weighted by Crippen LogP contribution is -1.92.